The minimum atomic E-state index is -3.23. The molecule has 0 radical (unpaired) electrons. The summed E-state index contributed by atoms with van der Waals surface area (Å²) in [5.41, 5.74) is 0. The fourth-order valence-corrected chi connectivity index (χ4v) is 3.24. The molecule has 0 aromatic rings. The molecule has 0 aromatic heterocycles. The van der Waals surface area contributed by atoms with Crippen molar-refractivity contribution >= 4 is 15.1 Å². The Bertz CT molecular complexity index is 184. The maximum absolute atomic E-state index is 10.9. The summed E-state index contributed by atoms with van der Waals surface area (Å²) in [4.78, 5) is 10.9. The van der Waals surface area contributed by atoms with Crippen molar-refractivity contribution < 1.29 is 23.2 Å². The summed E-state index contributed by atoms with van der Waals surface area (Å²) >= 11 is 0. The zero-order chi connectivity index (χ0) is 11.9. The van der Waals surface area contributed by atoms with Crippen LogP contribution in [0.1, 0.15) is 20.8 Å². The molecule has 0 spiro atoms. The molecule has 0 aromatic carbocycles. The third-order valence-electron chi connectivity index (χ3n) is 1.68. The van der Waals surface area contributed by atoms with Crippen molar-refractivity contribution in [3.8, 4) is 0 Å². The highest BCUT2D eigenvalue weighted by molar-refractivity contribution is 6.60. The first-order chi connectivity index (χ1) is 7.04. The lowest BCUT2D eigenvalue weighted by atomic mass is 10.9. The second kappa shape index (κ2) is 6.78. The van der Waals surface area contributed by atoms with Crippen LogP contribution >= 0.6 is 0 Å². The van der Waals surface area contributed by atoms with E-state index in [1.165, 1.54) is 7.05 Å². The molecule has 0 saturated carbocycles. The number of nitrogens with zero attached hydrogens (tertiary/aromatic N) is 1. The van der Waals surface area contributed by atoms with Crippen LogP contribution in [0.15, 0.2) is 0 Å². The van der Waals surface area contributed by atoms with Crippen LogP contribution in [0.4, 0.5) is 4.79 Å². The summed E-state index contributed by atoms with van der Waals surface area (Å²) in [6.45, 7) is 6.37. The second-order valence-corrected chi connectivity index (χ2v) is 5.25. The van der Waals surface area contributed by atoms with Crippen LogP contribution < -0.4 is 0 Å². The van der Waals surface area contributed by atoms with Crippen molar-refractivity contribution in [1.82, 2.24) is 4.57 Å². The Morgan fingerprint density at radius 2 is 1.47 bits per heavy atom. The number of rotatable bonds is 7. The van der Waals surface area contributed by atoms with Crippen LogP contribution in [0.5, 0.6) is 0 Å². The standard InChI is InChI=1S/C8H19NO5Si/c1-5-12-15(13-6-2,14-7-3)9(4)8(10)11/h5-7H2,1-4H3,(H,10,11). The van der Waals surface area contributed by atoms with Gasteiger partial charge in [-0.3, -0.25) is 4.57 Å². The molecule has 0 unspecified atom stereocenters. The SMILES string of the molecule is CCO[Si](OCC)(OCC)N(C)C(=O)O. The zero-order valence-electron chi connectivity index (χ0n) is 9.65. The first-order valence-corrected chi connectivity index (χ1v) is 6.59. The monoisotopic (exact) mass is 237 g/mol. The summed E-state index contributed by atoms with van der Waals surface area (Å²) < 4.78 is 17.1. The van der Waals surface area contributed by atoms with Crippen molar-refractivity contribution in [2.45, 2.75) is 20.8 Å². The number of hydrogen-bond donors (Lipinski definition) is 1. The van der Waals surface area contributed by atoms with E-state index in [-0.39, 0.29) is 0 Å². The molecule has 6 nitrogen and oxygen atoms in total. The number of carbonyl (C=O) groups is 1. The molecule has 0 bridgehead atoms. The molecule has 0 atom stereocenters. The van der Waals surface area contributed by atoms with Gasteiger partial charge in [-0.15, -0.1) is 0 Å². The van der Waals surface area contributed by atoms with Crippen LogP contribution in [0, 0.1) is 0 Å². The summed E-state index contributed by atoms with van der Waals surface area (Å²) in [5.74, 6) is 0. The van der Waals surface area contributed by atoms with Crippen LogP contribution in [0.25, 0.3) is 0 Å². The number of amides is 1. The average Bonchev–Trinajstić information content (AvgIpc) is 2.17. The zero-order valence-corrected chi connectivity index (χ0v) is 10.6. The highest BCUT2D eigenvalue weighted by atomic mass is 28.4. The smallest absolute Gasteiger partial charge is 0.465 e. The fraction of sp³-hybridized carbons (Fsp3) is 0.875. The summed E-state index contributed by atoms with van der Waals surface area (Å²) in [6.07, 6.45) is -1.11. The van der Waals surface area contributed by atoms with Crippen LogP contribution in [-0.4, -0.2) is 51.6 Å². The van der Waals surface area contributed by atoms with Crippen molar-refractivity contribution in [1.29, 1.82) is 0 Å². The molecule has 0 aliphatic rings. The van der Waals surface area contributed by atoms with Gasteiger partial charge in [-0.1, -0.05) is 0 Å². The highest BCUT2D eigenvalue weighted by Gasteiger charge is 2.50. The van der Waals surface area contributed by atoms with Gasteiger partial charge in [0.1, 0.15) is 0 Å². The Morgan fingerprint density at radius 1 is 1.13 bits per heavy atom. The van der Waals surface area contributed by atoms with E-state index in [0.717, 1.165) is 4.57 Å². The van der Waals surface area contributed by atoms with Gasteiger partial charge in [-0.2, -0.15) is 0 Å². The molecular weight excluding hydrogens is 218 g/mol. The molecular formula is C8H19NO5Si. The van der Waals surface area contributed by atoms with Gasteiger partial charge in [0.15, 0.2) is 0 Å². The predicted octanol–water partition coefficient (Wildman–Crippen LogP) is 1.14. The Kier molecular flexibility index (Phi) is 6.49. The van der Waals surface area contributed by atoms with Gasteiger partial charge in [0, 0.05) is 26.9 Å². The maximum atomic E-state index is 10.9. The second-order valence-electron chi connectivity index (χ2n) is 2.66. The van der Waals surface area contributed by atoms with Crippen molar-refractivity contribution in [3.63, 3.8) is 0 Å². The lowest BCUT2D eigenvalue weighted by Gasteiger charge is -2.32. The molecule has 0 aliphatic carbocycles. The van der Waals surface area contributed by atoms with Crippen molar-refractivity contribution in [2.75, 3.05) is 26.9 Å². The molecule has 15 heavy (non-hydrogen) atoms. The van der Waals surface area contributed by atoms with Gasteiger partial charge in [0.2, 0.25) is 0 Å². The summed E-state index contributed by atoms with van der Waals surface area (Å²) in [7, 11) is -1.83. The van der Waals surface area contributed by atoms with E-state index in [9.17, 15) is 4.79 Å². The van der Waals surface area contributed by atoms with E-state index < -0.39 is 15.1 Å². The van der Waals surface area contributed by atoms with Crippen molar-refractivity contribution in [3.05, 3.63) is 0 Å². The first kappa shape index (κ1) is 14.4. The Hall–Kier alpha value is -0.633. The summed E-state index contributed by atoms with van der Waals surface area (Å²) in [5, 5.41) is 8.92. The normalized spacial score (nSPS) is 11.5. The fourth-order valence-electron chi connectivity index (χ4n) is 1.08. The third-order valence-corrected chi connectivity index (χ3v) is 4.65. The van der Waals surface area contributed by atoms with Gasteiger partial charge >= 0.3 is 15.1 Å². The Balaban J connectivity index is 4.81. The van der Waals surface area contributed by atoms with E-state index in [4.69, 9.17) is 18.4 Å². The molecule has 1 N–H and O–H groups in total. The maximum Gasteiger partial charge on any atom is 0.638 e. The van der Waals surface area contributed by atoms with Gasteiger partial charge < -0.3 is 18.4 Å². The molecule has 7 heteroatoms. The van der Waals surface area contributed by atoms with Crippen LogP contribution in [0.3, 0.4) is 0 Å². The molecule has 0 fully saturated rings. The highest BCUT2D eigenvalue weighted by Crippen LogP contribution is 2.14. The molecule has 0 aliphatic heterocycles. The van der Waals surface area contributed by atoms with E-state index in [1.54, 1.807) is 20.8 Å². The summed E-state index contributed by atoms with van der Waals surface area (Å²) in [6, 6.07) is 0. The van der Waals surface area contributed by atoms with Gasteiger partial charge in [-0.25, -0.2) is 4.79 Å². The predicted molar refractivity (Wildman–Crippen MR) is 56.4 cm³/mol. The number of hydrogen-bond acceptors (Lipinski definition) is 4. The molecule has 0 saturated heterocycles. The molecule has 1 amide bonds. The quantitative estimate of drug-likeness (QED) is 0.672. The topological polar surface area (TPSA) is 68.2 Å². The average molecular weight is 237 g/mol. The van der Waals surface area contributed by atoms with E-state index >= 15 is 0 Å². The first-order valence-electron chi connectivity index (χ1n) is 4.92. The third kappa shape index (κ3) is 3.78. The molecule has 90 valence electrons. The van der Waals surface area contributed by atoms with Gasteiger partial charge in [0.25, 0.3) is 0 Å². The largest absolute Gasteiger partial charge is 0.638 e. The lowest BCUT2D eigenvalue weighted by molar-refractivity contribution is 0.0261. The molecule has 0 rings (SSSR count). The van der Waals surface area contributed by atoms with E-state index in [1.807, 2.05) is 0 Å². The van der Waals surface area contributed by atoms with E-state index in [2.05, 4.69) is 0 Å². The Morgan fingerprint density at radius 3 is 1.67 bits per heavy atom. The van der Waals surface area contributed by atoms with E-state index in [0.29, 0.717) is 19.8 Å². The minimum absolute atomic E-state index is 0.351. The van der Waals surface area contributed by atoms with Crippen LogP contribution in [-0.2, 0) is 13.3 Å². The number of carboxylic acid groups (broad SMARTS) is 1. The van der Waals surface area contributed by atoms with Gasteiger partial charge in [0.05, 0.1) is 0 Å². The molecule has 0 heterocycles. The van der Waals surface area contributed by atoms with Gasteiger partial charge in [-0.05, 0) is 20.8 Å². The van der Waals surface area contributed by atoms with Crippen molar-refractivity contribution in [2.24, 2.45) is 0 Å². The Labute approximate surface area is 91.2 Å². The van der Waals surface area contributed by atoms with Crippen LogP contribution in [0.2, 0.25) is 0 Å². The lowest BCUT2D eigenvalue weighted by Crippen LogP contribution is -2.61. The minimum Gasteiger partial charge on any atom is -0.465 e.